The Morgan fingerprint density at radius 3 is 2.81 bits per heavy atom. The van der Waals surface area contributed by atoms with Crippen LogP contribution < -0.4 is 5.32 Å². The lowest BCUT2D eigenvalue weighted by molar-refractivity contribution is -0.113. The van der Waals surface area contributed by atoms with Crippen LogP contribution in [0.2, 0.25) is 0 Å². The monoisotopic (exact) mass is 381 g/mol. The van der Waals surface area contributed by atoms with Crippen LogP contribution in [0.3, 0.4) is 0 Å². The van der Waals surface area contributed by atoms with Crippen LogP contribution in [0.4, 0.5) is 5.69 Å². The maximum Gasteiger partial charge on any atom is 0.234 e. The van der Waals surface area contributed by atoms with E-state index in [1.54, 1.807) is 12.4 Å². The van der Waals surface area contributed by atoms with E-state index in [0.717, 1.165) is 41.6 Å². The molecule has 0 saturated heterocycles. The van der Waals surface area contributed by atoms with Crippen LogP contribution in [0, 0.1) is 0 Å². The second-order valence-corrected chi connectivity index (χ2v) is 7.03. The van der Waals surface area contributed by atoms with Crippen LogP contribution in [0.15, 0.2) is 53.9 Å². The Labute approximate surface area is 163 Å². The molecule has 0 fully saturated rings. The Bertz CT molecular complexity index is 894. The summed E-state index contributed by atoms with van der Waals surface area (Å²) in [4.78, 5) is 16.5. The molecule has 3 rings (SSSR count). The van der Waals surface area contributed by atoms with E-state index in [9.17, 15) is 4.79 Å². The molecule has 0 radical (unpaired) electrons. The van der Waals surface area contributed by atoms with Crippen molar-refractivity contribution in [2.45, 2.75) is 38.4 Å². The zero-order chi connectivity index (χ0) is 19.1. The van der Waals surface area contributed by atoms with E-state index in [1.807, 2.05) is 34.9 Å². The van der Waals surface area contributed by atoms with Crippen molar-refractivity contribution in [2.75, 3.05) is 11.1 Å². The van der Waals surface area contributed by atoms with Crippen LogP contribution in [0.25, 0.3) is 11.4 Å². The van der Waals surface area contributed by atoms with Crippen molar-refractivity contribution in [2.24, 2.45) is 0 Å². The van der Waals surface area contributed by atoms with Gasteiger partial charge in [-0.1, -0.05) is 37.7 Å². The number of nitrogens with one attached hydrogen (secondary N) is 1. The minimum Gasteiger partial charge on any atom is -0.325 e. The van der Waals surface area contributed by atoms with Crippen molar-refractivity contribution in [3.63, 3.8) is 0 Å². The average molecular weight is 382 g/mol. The zero-order valence-electron chi connectivity index (χ0n) is 15.6. The number of amides is 1. The third-order valence-electron chi connectivity index (χ3n) is 4.04. The molecule has 7 heteroatoms. The highest BCUT2D eigenvalue weighted by molar-refractivity contribution is 7.99. The molecule has 0 aliphatic carbocycles. The van der Waals surface area contributed by atoms with Crippen LogP contribution in [0.1, 0.15) is 25.8 Å². The van der Waals surface area contributed by atoms with E-state index in [4.69, 9.17) is 0 Å². The van der Waals surface area contributed by atoms with E-state index in [-0.39, 0.29) is 11.7 Å². The van der Waals surface area contributed by atoms with Gasteiger partial charge in [0.15, 0.2) is 11.0 Å². The molecular weight excluding hydrogens is 358 g/mol. The number of aryl methyl sites for hydroxylation is 1. The molecule has 0 atom stereocenters. The Morgan fingerprint density at radius 1 is 1.19 bits per heavy atom. The van der Waals surface area contributed by atoms with Crippen LogP contribution in [0.5, 0.6) is 0 Å². The smallest absolute Gasteiger partial charge is 0.234 e. The second kappa shape index (κ2) is 9.32. The number of thioether (sulfide) groups is 1. The van der Waals surface area contributed by atoms with Crippen molar-refractivity contribution in [3.05, 3.63) is 54.4 Å². The van der Waals surface area contributed by atoms with E-state index in [0.29, 0.717) is 0 Å². The lowest BCUT2D eigenvalue weighted by Gasteiger charge is -2.09. The summed E-state index contributed by atoms with van der Waals surface area (Å²) in [5.74, 6) is 1.01. The molecule has 2 heterocycles. The first kappa shape index (κ1) is 19.1. The fraction of sp³-hybridized carbons (Fsp3) is 0.300. The van der Waals surface area contributed by atoms with E-state index in [2.05, 4.69) is 40.4 Å². The van der Waals surface area contributed by atoms with Crippen LogP contribution in [-0.2, 0) is 17.8 Å². The van der Waals surface area contributed by atoms with Crippen LogP contribution >= 0.6 is 11.8 Å². The largest absolute Gasteiger partial charge is 0.325 e. The highest BCUT2D eigenvalue weighted by Gasteiger charge is 2.15. The predicted octanol–water partition coefficient (Wildman–Crippen LogP) is 4.04. The lowest BCUT2D eigenvalue weighted by Crippen LogP contribution is -2.15. The number of hydrogen-bond acceptors (Lipinski definition) is 5. The summed E-state index contributed by atoms with van der Waals surface area (Å²) >= 11 is 1.40. The Morgan fingerprint density at radius 2 is 2.07 bits per heavy atom. The number of anilines is 1. The van der Waals surface area contributed by atoms with Gasteiger partial charge in [0.2, 0.25) is 5.91 Å². The summed E-state index contributed by atoms with van der Waals surface area (Å²) in [5, 5.41) is 12.3. The molecule has 1 aromatic carbocycles. The van der Waals surface area contributed by atoms with Gasteiger partial charge in [0.05, 0.1) is 5.75 Å². The molecule has 140 valence electrons. The van der Waals surface area contributed by atoms with Gasteiger partial charge in [-0.05, 0) is 42.7 Å². The predicted molar refractivity (Wildman–Crippen MR) is 109 cm³/mol. The van der Waals surface area contributed by atoms with Gasteiger partial charge in [0.25, 0.3) is 0 Å². The average Bonchev–Trinajstić information content (AvgIpc) is 3.10. The number of carbonyl (C=O) groups excluding carboxylic acids is 1. The maximum atomic E-state index is 12.3. The quantitative estimate of drug-likeness (QED) is 0.596. The first-order valence-electron chi connectivity index (χ1n) is 9.06. The fourth-order valence-corrected chi connectivity index (χ4v) is 3.49. The van der Waals surface area contributed by atoms with Crippen molar-refractivity contribution in [1.82, 2.24) is 19.7 Å². The van der Waals surface area contributed by atoms with E-state index in [1.165, 1.54) is 17.3 Å². The first-order chi connectivity index (χ1) is 13.2. The lowest BCUT2D eigenvalue weighted by atomic mass is 10.1. The molecule has 2 aromatic heterocycles. The summed E-state index contributed by atoms with van der Waals surface area (Å²) in [6.07, 6.45) is 5.40. The molecule has 0 aliphatic heterocycles. The Hall–Kier alpha value is -2.67. The third kappa shape index (κ3) is 4.95. The first-order valence-corrected chi connectivity index (χ1v) is 10.0. The SMILES string of the molecule is CCCn1c(SCC(=O)Nc2cccc(CC)c2)nnc1-c1cccnc1. The maximum absolute atomic E-state index is 12.3. The molecule has 0 spiro atoms. The summed E-state index contributed by atoms with van der Waals surface area (Å²) in [6, 6.07) is 11.8. The molecule has 0 unspecified atom stereocenters. The summed E-state index contributed by atoms with van der Waals surface area (Å²) in [6.45, 7) is 4.99. The highest BCUT2D eigenvalue weighted by atomic mass is 32.2. The number of benzene rings is 1. The van der Waals surface area contributed by atoms with Crippen LogP contribution in [-0.4, -0.2) is 31.4 Å². The summed E-state index contributed by atoms with van der Waals surface area (Å²) in [5.41, 5.74) is 2.95. The van der Waals surface area contributed by atoms with Gasteiger partial charge in [0.1, 0.15) is 0 Å². The second-order valence-electron chi connectivity index (χ2n) is 6.09. The van der Waals surface area contributed by atoms with Gasteiger partial charge >= 0.3 is 0 Å². The summed E-state index contributed by atoms with van der Waals surface area (Å²) < 4.78 is 2.05. The van der Waals surface area contributed by atoms with Gasteiger partial charge in [-0.2, -0.15) is 0 Å². The number of hydrogen-bond donors (Lipinski definition) is 1. The van der Waals surface area contributed by atoms with Crippen molar-refractivity contribution in [3.8, 4) is 11.4 Å². The topological polar surface area (TPSA) is 72.7 Å². The van der Waals surface area contributed by atoms with Gasteiger partial charge in [-0.25, -0.2) is 0 Å². The molecule has 0 saturated carbocycles. The number of aromatic nitrogens is 4. The molecule has 3 aromatic rings. The third-order valence-corrected chi connectivity index (χ3v) is 5.00. The van der Waals surface area contributed by atoms with E-state index >= 15 is 0 Å². The Balaban J connectivity index is 1.68. The van der Waals surface area contributed by atoms with Gasteiger partial charge in [0, 0.05) is 30.2 Å². The molecular formula is C20H23N5OS. The number of rotatable bonds is 8. The Kier molecular flexibility index (Phi) is 6.59. The van der Waals surface area contributed by atoms with E-state index < -0.39 is 0 Å². The molecule has 1 N–H and O–H groups in total. The van der Waals surface area contributed by atoms with Crippen molar-refractivity contribution < 1.29 is 4.79 Å². The molecule has 0 aliphatic rings. The zero-order valence-corrected chi connectivity index (χ0v) is 16.4. The van der Waals surface area contributed by atoms with Gasteiger partial charge < -0.3 is 9.88 Å². The minimum absolute atomic E-state index is 0.0535. The molecule has 1 amide bonds. The minimum atomic E-state index is -0.0535. The van der Waals surface area contributed by atoms with Gasteiger partial charge in [-0.15, -0.1) is 10.2 Å². The fourth-order valence-electron chi connectivity index (χ4n) is 2.73. The number of carbonyl (C=O) groups is 1. The molecule has 0 bridgehead atoms. The highest BCUT2D eigenvalue weighted by Crippen LogP contribution is 2.24. The van der Waals surface area contributed by atoms with Crippen molar-refractivity contribution in [1.29, 1.82) is 0 Å². The number of nitrogens with zero attached hydrogens (tertiary/aromatic N) is 4. The normalized spacial score (nSPS) is 10.7. The van der Waals surface area contributed by atoms with Crippen molar-refractivity contribution >= 4 is 23.4 Å². The summed E-state index contributed by atoms with van der Waals surface area (Å²) in [7, 11) is 0. The standard InChI is InChI=1S/C20H23N5OS/c1-3-11-25-19(16-8-6-10-21-13-16)23-24-20(25)27-14-18(26)22-17-9-5-7-15(4-2)12-17/h5-10,12-13H,3-4,11,14H2,1-2H3,(H,22,26). The molecule has 27 heavy (non-hydrogen) atoms. The molecule has 6 nitrogen and oxygen atoms in total. The number of pyridine rings is 1. The van der Waals surface area contributed by atoms with Gasteiger partial charge in [-0.3, -0.25) is 9.78 Å².